The molecule has 5 heteroatoms. The zero-order valence-corrected chi connectivity index (χ0v) is 8.75. The molecule has 80 valence electrons. The maximum absolute atomic E-state index is 5.32. The summed E-state index contributed by atoms with van der Waals surface area (Å²) in [5.41, 5.74) is 0. The van der Waals surface area contributed by atoms with Crippen LogP contribution in [0.2, 0.25) is 0 Å². The highest BCUT2D eigenvalue weighted by Crippen LogP contribution is 1.99. The van der Waals surface area contributed by atoms with Gasteiger partial charge in [0, 0.05) is 13.0 Å². The van der Waals surface area contributed by atoms with E-state index in [2.05, 4.69) is 22.4 Å². The highest BCUT2D eigenvalue weighted by Gasteiger charge is 2.03. The van der Waals surface area contributed by atoms with Crippen molar-refractivity contribution in [3.05, 3.63) is 11.7 Å². The summed E-state index contributed by atoms with van der Waals surface area (Å²) in [5.74, 6) is 1.29. The summed E-state index contributed by atoms with van der Waals surface area (Å²) < 4.78 is 10.3. The molecule has 0 atom stereocenters. The van der Waals surface area contributed by atoms with Gasteiger partial charge in [0.15, 0.2) is 5.82 Å². The third-order valence-electron chi connectivity index (χ3n) is 1.73. The van der Waals surface area contributed by atoms with Crippen molar-refractivity contribution in [3.63, 3.8) is 0 Å². The molecule has 1 N–H and O–H groups in total. The summed E-state index contributed by atoms with van der Waals surface area (Å²) in [7, 11) is 0. The van der Waals surface area contributed by atoms with Gasteiger partial charge in [-0.05, 0) is 6.54 Å². The van der Waals surface area contributed by atoms with Crippen molar-refractivity contribution >= 4 is 0 Å². The lowest BCUT2D eigenvalue weighted by atomic mass is 10.5. The van der Waals surface area contributed by atoms with E-state index in [1.807, 2.05) is 6.92 Å². The minimum atomic E-state index is 0.401. The summed E-state index contributed by atoms with van der Waals surface area (Å²) in [4.78, 5) is 4.12. The Hall–Kier alpha value is -0.940. The van der Waals surface area contributed by atoms with Crippen molar-refractivity contribution in [2.24, 2.45) is 0 Å². The van der Waals surface area contributed by atoms with Crippen LogP contribution in [0.25, 0.3) is 0 Å². The SMILES string of the molecule is CCNCCOCc1nc(CC)no1. The van der Waals surface area contributed by atoms with Crippen LogP contribution in [0.1, 0.15) is 25.6 Å². The molecule has 0 aliphatic rings. The van der Waals surface area contributed by atoms with Crippen LogP contribution in [0.3, 0.4) is 0 Å². The van der Waals surface area contributed by atoms with Gasteiger partial charge in [-0.25, -0.2) is 0 Å². The van der Waals surface area contributed by atoms with Gasteiger partial charge in [-0.15, -0.1) is 0 Å². The lowest BCUT2D eigenvalue weighted by Crippen LogP contribution is -2.18. The predicted octanol–water partition coefficient (Wildman–Crippen LogP) is 0.758. The Morgan fingerprint density at radius 1 is 1.43 bits per heavy atom. The first-order valence-electron chi connectivity index (χ1n) is 4.96. The Balaban J connectivity index is 2.12. The molecule has 0 bridgehead atoms. The van der Waals surface area contributed by atoms with Gasteiger partial charge < -0.3 is 14.6 Å². The topological polar surface area (TPSA) is 60.2 Å². The van der Waals surface area contributed by atoms with E-state index in [9.17, 15) is 0 Å². The molecule has 5 nitrogen and oxygen atoms in total. The summed E-state index contributed by atoms with van der Waals surface area (Å²) in [6, 6.07) is 0. The second-order valence-corrected chi connectivity index (χ2v) is 2.86. The quantitative estimate of drug-likeness (QED) is 0.657. The number of rotatable bonds is 7. The van der Waals surface area contributed by atoms with Gasteiger partial charge in [0.25, 0.3) is 5.89 Å². The lowest BCUT2D eigenvalue weighted by molar-refractivity contribution is 0.0997. The van der Waals surface area contributed by atoms with Crippen molar-refractivity contribution in [1.82, 2.24) is 15.5 Å². The zero-order chi connectivity index (χ0) is 10.2. The normalized spacial score (nSPS) is 10.7. The Bertz CT molecular complexity index is 250. The minimum Gasteiger partial charge on any atom is -0.370 e. The molecule has 1 heterocycles. The minimum absolute atomic E-state index is 0.401. The molecule has 0 saturated heterocycles. The van der Waals surface area contributed by atoms with Crippen molar-refractivity contribution in [1.29, 1.82) is 0 Å². The molecule has 0 aromatic carbocycles. The molecule has 14 heavy (non-hydrogen) atoms. The van der Waals surface area contributed by atoms with E-state index in [0.717, 1.165) is 25.3 Å². The molecule has 0 aliphatic heterocycles. The van der Waals surface area contributed by atoms with Crippen molar-refractivity contribution in [3.8, 4) is 0 Å². The van der Waals surface area contributed by atoms with E-state index in [1.165, 1.54) is 0 Å². The number of nitrogens with zero attached hydrogens (tertiary/aromatic N) is 2. The fraction of sp³-hybridized carbons (Fsp3) is 0.778. The molecular weight excluding hydrogens is 182 g/mol. The predicted molar refractivity (Wildman–Crippen MR) is 51.9 cm³/mol. The second kappa shape index (κ2) is 6.50. The number of nitrogens with one attached hydrogen (secondary N) is 1. The van der Waals surface area contributed by atoms with Crippen LogP contribution >= 0.6 is 0 Å². The summed E-state index contributed by atoms with van der Waals surface area (Å²) in [6.07, 6.45) is 0.793. The van der Waals surface area contributed by atoms with E-state index in [4.69, 9.17) is 9.26 Å². The van der Waals surface area contributed by atoms with Crippen LogP contribution in [-0.2, 0) is 17.8 Å². The van der Waals surface area contributed by atoms with Gasteiger partial charge in [-0.3, -0.25) is 0 Å². The van der Waals surface area contributed by atoms with Gasteiger partial charge in [0.05, 0.1) is 6.61 Å². The first-order chi connectivity index (χ1) is 6.86. The highest BCUT2D eigenvalue weighted by molar-refractivity contribution is 4.83. The smallest absolute Gasteiger partial charge is 0.252 e. The fourth-order valence-electron chi connectivity index (χ4n) is 0.973. The molecule has 0 saturated carbocycles. The summed E-state index contributed by atoms with van der Waals surface area (Å²) >= 11 is 0. The zero-order valence-electron chi connectivity index (χ0n) is 8.75. The first-order valence-corrected chi connectivity index (χ1v) is 4.96. The van der Waals surface area contributed by atoms with Crippen molar-refractivity contribution < 1.29 is 9.26 Å². The molecule has 0 fully saturated rings. The van der Waals surface area contributed by atoms with E-state index < -0.39 is 0 Å². The van der Waals surface area contributed by atoms with E-state index in [0.29, 0.717) is 19.1 Å². The van der Waals surface area contributed by atoms with Crippen LogP contribution in [0.15, 0.2) is 4.52 Å². The average Bonchev–Trinajstić information content (AvgIpc) is 2.65. The molecule has 1 rings (SSSR count). The molecule has 1 aromatic rings. The van der Waals surface area contributed by atoms with E-state index >= 15 is 0 Å². The van der Waals surface area contributed by atoms with Gasteiger partial charge in [-0.2, -0.15) is 4.98 Å². The highest BCUT2D eigenvalue weighted by atomic mass is 16.5. The molecular formula is C9H17N3O2. The summed E-state index contributed by atoms with van der Waals surface area (Å²) in [6.45, 7) is 6.93. The Labute approximate surface area is 83.8 Å². The largest absolute Gasteiger partial charge is 0.370 e. The standard InChI is InChI=1S/C9H17N3O2/c1-3-8-11-9(14-12-8)7-13-6-5-10-4-2/h10H,3-7H2,1-2H3. The third kappa shape index (κ3) is 3.85. The van der Waals surface area contributed by atoms with Crippen LogP contribution in [0.5, 0.6) is 0 Å². The summed E-state index contributed by atoms with van der Waals surface area (Å²) in [5, 5.41) is 6.93. The monoisotopic (exact) mass is 199 g/mol. The molecule has 1 aromatic heterocycles. The van der Waals surface area contributed by atoms with Gasteiger partial charge in [0.2, 0.25) is 0 Å². The molecule has 0 radical (unpaired) electrons. The lowest BCUT2D eigenvalue weighted by Gasteiger charge is -2.00. The molecule has 0 aliphatic carbocycles. The Kier molecular flexibility index (Phi) is 5.17. The first kappa shape index (κ1) is 11.1. The maximum Gasteiger partial charge on any atom is 0.252 e. The van der Waals surface area contributed by atoms with Crippen LogP contribution in [0.4, 0.5) is 0 Å². The number of hydrogen-bond donors (Lipinski definition) is 1. The van der Waals surface area contributed by atoms with Gasteiger partial charge in [-0.1, -0.05) is 19.0 Å². The molecule has 0 amide bonds. The van der Waals surface area contributed by atoms with Crippen LogP contribution < -0.4 is 5.32 Å². The number of hydrogen-bond acceptors (Lipinski definition) is 5. The van der Waals surface area contributed by atoms with Gasteiger partial charge in [0.1, 0.15) is 6.61 Å². The fourth-order valence-corrected chi connectivity index (χ4v) is 0.973. The van der Waals surface area contributed by atoms with Crippen molar-refractivity contribution in [2.45, 2.75) is 26.9 Å². The average molecular weight is 199 g/mol. The molecule has 0 unspecified atom stereocenters. The van der Waals surface area contributed by atoms with Crippen molar-refractivity contribution in [2.75, 3.05) is 19.7 Å². The Morgan fingerprint density at radius 3 is 2.93 bits per heavy atom. The maximum atomic E-state index is 5.32. The van der Waals surface area contributed by atoms with E-state index in [1.54, 1.807) is 0 Å². The van der Waals surface area contributed by atoms with Gasteiger partial charge >= 0.3 is 0 Å². The van der Waals surface area contributed by atoms with Crippen LogP contribution in [-0.4, -0.2) is 29.8 Å². The van der Waals surface area contributed by atoms with E-state index in [-0.39, 0.29) is 0 Å². The second-order valence-electron chi connectivity index (χ2n) is 2.86. The number of ether oxygens (including phenoxy) is 1. The molecule has 0 spiro atoms. The number of likely N-dealkylation sites (N-methyl/N-ethyl adjacent to an activating group) is 1. The Morgan fingerprint density at radius 2 is 2.29 bits per heavy atom. The number of aromatic nitrogens is 2. The van der Waals surface area contributed by atoms with Crippen LogP contribution in [0, 0.1) is 0 Å². The third-order valence-corrected chi connectivity index (χ3v) is 1.73. The number of aryl methyl sites for hydroxylation is 1.